The predicted molar refractivity (Wildman–Crippen MR) is 162 cm³/mol. The van der Waals surface area contributed by atoms with Crippen LogP contribution in [-0.2, 0) is 16.1 Å². The van der Waals surface area contributed by atoms with Crippen molar-refractivity contribution in [3.05, 3.63) is 127 Å². The third kappa shape index (κ3) is 4.72. The molecule has 0 fully saturated rings. The van der Waals surface area contributed by atoms with Crippen molar-refractivity contribution in [2.45, 2.75) is 19.5 Å². The van der Waals surface area contributed by atoms with Crippen molar-refractivity contribution < 1.29 is 14.3 Å². The minimum atomic E-state index is -0.798. The molecule has 3 aromatic carbocycles. The molecule has 0 radical (unpaired) electrons. The van der Waals surface area contributed by atoms with Gasteiger partial charge >= 0.3 is 5.97 Å². The van der Waals surface area contributed by atoms with Crippen molar-refractivity contribution in [3.8, 4) is 11.8 Å². The maximum absolute atomic E-state index is 14.2. The topological polar surface area (TPSA) is 98.6 Å². The Hall–Kier alpha value is -5.20. The van der Waals surface area contributed by atoms with E-state index in [2.05, 4.69) is 6.07 Å². The van der Waals surface area contributed by atoms with Gasteiger partial charge < -0.3 is 14.0 Å². The Morgan fingerprint density at radius 1 is 1.10 bits per heavy atom. The molecule has 0 aliphatic carbocycles. The second-order valence-electron chi connectivity index (χ2n) is 9.60. The van der Waals surface area contributed by atoms with Crippen LogP contribution in [0.5, 0.6) is 5.75 Å². The maximum atomic E-state index is 14.2. The Kier molecular flexibility index (Phi) is 7.30. The fraction of sp³-hybridized carbons (Fsp3) is 0.152. The molecule has 9 heteroatoms. The summed E-state index contributed by atoms with van der Waals surface area (Å²) < 4.78 is 14.9. The van der Waals surface area contributed by atoms with Gasteiger partial charge in [0, 0.05) is 28.2 Å². The molecule has 5 aromatic rings. The number of methoxy groups -OCH3 is 1. The Morgan fingerprint density at radius 2 is 1.88 bits per heavy atom. The average Bonchev–Trinajstić information content (AvgIpc) is 3.53. The lowest BCUT2D eigenvalue weighted by atomic mass is 9.93. The number of benzene rings is 3. The molecule has 0 spiro atoms. The van der Waals surface area contributed by atoms with Crippen LogP contribution < -0.4 is 19.6 Å². The number of nitriles is 1. The Labute approximate surface area is 245 Å². The van der Waals surface area contributed by atoms with Gasteiger partial charge in [-0.25, -0.2) is 9.79 Å². The smallest absolute Gasteiger partial charge is 0.338 e. The number of rotatable bonds is 7. The minimum absolute atomic E-state index is 0.173. The first-order valence-corrected chi connectivity index (χ1v) is 14.2. The van der Waals surface area contributed by atoms with Crippen molar-refractivity contribution in [1.29, 1.82) is 5.26 Å². The second-order valence-corrected chi connectivity index (χ2v) is 10.6. The van der Waals surface area contributed by atoms with E-state index < -0.39 is 12.0 Å². The van der Waals surface area contributed by atoms with Crippen molar-refractivity contribution in [3.63, 3.8) is 0 Å². The van der Waals surface area contributed by atoms with Crippen LogP contribution in [0.4, 0.5) is 0 Å². The van der Waals surface area contributed by atoms with E-state index in [-0.39, 0.29) is 24.3 Å². The highest BCUT2D eigenvalue weighted by atomic mass is 32.1. The lowest BCUT2D eigenvalue weighted by molar-refractivity contribution is -0.138. The van der Waals surface area contributed by atoms with Gasteiger partial charge in [0.05, 0.1) is 41.6 Å². The molecule has 208 valence electrons. The van der Waals surface area contributed by atoms with Crippen LogP contribution in [0.2, 0.25) is 0 Å². The lowest BCUT2D eigenvalue weighted by Gasteiger charge is -2.26. The number of esters is 1. The molecule has 8 nitrogen and oxygen atoms in total. The molecule has 2 aromatic heterocycles. The second kappa shape index (κ2) is 11.4. The molecule has 3 heterocycles. The number of ether oxygens (including phenoxy) is 2. The van der Waals surface area contributed by atoms with E-state index in [9.17, 15) is 14.9 Å². The fourth-order valence-electron chi connectivity index (χ4n) is 5.31. The summed E-state index contributed by atoms with van der Waals surface area (Å²) in [6, 6.07) is 25.9. The van der Waals surface area contributed by atoms with Crippen molar-refractivity contribution >= 4 is 40.0 Å². The standard InChI is InChI=1S/C33H26N4O4S/c1-3-41-32(39)28-29(21-10-5-4-6-11-21)35-33-37(30(28)22-12-9-13-24(18-22)40-2)31(38)27(42-33)19-23-20-36(17-16-34)26-15-8-7-14-25(23)26/h4-15,18-20,30H,3,17H2,1-2H3/t30-/m0/s1. The van der Waals surface area contributed by atoms with E-state index in [0.717, 1.165) is 22.0 Å². The molecule has 42 heavy (non-hydrogen) atoms. The summed E-state index contributed by atoms with van der Waals surface area (Å²) in [5.41, 5.74) is 3.61. The predicted octanol–water partition coefficient (Wildman–Crippen LogP) is 4.42. The quantitative estimate of drug-likeness (QED) is 0.268. The van der Waals surface area contributed by atoms with E-state index in [4.69, 9.17) is 14.5 Å². The molecule has 1 aliphatic heterocycles. The van der Waals surface area contributed by atoms with E-state index in [1.54, 1.807) is 18.6 Å². The molecule has 1 atom stereocenters. The molecular formula is C33H26N4O4S. The number of hydrogen-bond acceptors (Lipinski definition) is 7. The van der Waals surface area contributed by atoms with Gasteiger partial charge in [0.25, 0.3) is 5.56 Å². The van der Waals surface area contributed by atoms with Crippen LogP contribution in [0.1, 0.15) is 29.7 Å². The molecule has 0 amide bonds. The molecule has 1 aliphatic rings. The Balaban J connectivity index is 1.65. The number of fused-ring (bicyclic) bond motifs is 2. The van der Waals surface area contributed by atoms with Gasteiger partial charge in [-0.15, -0.1) is 0 Å². The van der Waals surface area contributed by atoms with Gasteiger partial charge in [0.2, 0.25) is 0 Å². The van der Waals surface area contributed by atoms with Gasteiger partial charge in [-0.1, -0.05) is 72.0 Å². The third-order valence-electron chi connectivity index (χ3n) is 7.13. The minimum Gasteiger partial charge on any atom is -0.497 e. The lowest BCUT2D eigenvalue weighted by Crippen LogP contribution is -2.40. The fourth-order valence-corrected chi connectivity index (χ4v) is 6.30. The van der Waals surface area contributed by atoms with Crippen LogP contribution in [0.3, 0.4) is 0 Å². The number of nitrogens with zero attached hydrogens (tertiary/aromatic N) is 4. The number of carbonyl (C=O) groups excluding carboxylic acids is 1. The summed E-state index contributed by atoms with van der Waals surface area (Å²) in [5.74, 6) is 0.0585. The van der Waals surface area contributed by atoms with E-state index in [1.165, 1.54) is 11.3 Å². The van der Waals surface area contributed by atoms with Crippen LogP contribution >= 0.6 is 11.3 Å². The van der Waals surface area contributed by atoms with Crippen molar-refractivity contribution in [2.24, 2.45) is 4.99 Å². The number of aromatic nitrogens is 2. The monoisotopic (exact) mass is 574 g/mol. The molecule has 6 rings (SSSR count). The highest BCUT2D eigenvalue weighted by Gasteiger charge is 2.35. The summed E-state index contributed by atoms with van der Waals surface area (Å²) >= 11 is 1.26. The molecule has 0 N–H and O–H groups in total. The van der Waals surface area contributed by atoms with E-state index in [1.807, 2.05) is 95.7 Å². The zero-order valence-electron chi connectivity index (χ0n) is 23.0. The Bertz CT molecular complexity index is 2080. The largest absolute Gasteiger partial charge is 0.497 e. The first-order chi connectivity index (χ1) is 20.5. The number of thiazole rings is 1. The van der Waals surface area contributed by atoms with Gasteiger partial charge in [-0.3, -0.25) is 9.36 Å². The summed E-state index contributed by atoms with van der Waals surface area (Å²) in [5, 5.41) is 10.3. The first kappa shape index (κ1) is 27.0. The zero-order valence-corrected chi connectivity index (χ0v) is 23.8. The van der Waals surface area contributed by atoms with Crippen molar-refractivity contribution in [1.82, 2.24) is 9.13 Å². The van der Waals surface area contributed by atoms with Crippen LogP contribution in [0, 0.1) is 11.3 Å². The van der Waals surface area contributed by atoms with E-state index in [0.29, 0.717) is 26.3 Å². The third-order valence-corrected chi connectivity index (χ3v) is 8.11. The molecule has 0 bridgehead atoms. The SMILES string of the molecule is CCOC(=O)C1=C(c2ccccc2)N=c2sc(=Cc3cn(CC#N)c4ccccc34)c(=O)n2[C@H]1c1cccc(OC)c1. The van der Waals surface area contributed by atoms with Crippen LogP contribution in [-0.4, -0.2) is 28.8 Å². The van der Waals surface area contributed by atoms with Crippen LogP contribution in [0.25, 0.3) is 22.7 Å². The first-order valence-electron chi connectivity index (χ1n) is 13.4. The molecule has 0 unspecified atom stereocenters. The van der Waals surface area contributed by atoms with Gasteiger partial charge in [-0.2, -0.15) is 5.26 Å². The Morgan fingerprint density at radius 3 is 2.64 bits per heavy atom. The average molecular weight is 575 g/mol. The highest BCUT2D eigenvalue weighted by molar-refractivity contribution is 7.07. The summed E-state index contributed by atoms with van der Waals surface area (Å²) in [6.45, 7) is 2.11. The molecular weight excluding hydrogens is 548 g/mol. The van der Waals surface area contributed by atoms with Gasteiger partial charge in [0.15, 0.2) is 4.80 Å². The molecule has 0 saturated heterocycles. The van der Waals surface area contributed by atoms with Crippen molar-refractivity contribution in [2.75, 3.05) is 13.7 Å². The molecule has 0 saturated carbocycles. The van der Waals surface area contributed by atoms with Crippen LogP contribution in [0.15, 0.2) is 100 Å². The van der Waals surface area contributed by atoms with Gasteiger partial charge in [-0.05, 0) is 36.8 Å². The number of para-hydroxylation sites is 1. The van der Waals surface area contributed by atoms with Gasteiger partial charge in [0.1, 0.15) is 12.3 Å². The zero-order chi connectivity index (χ0) is 29.2. The summed E-state index contributed by atoms with van der Waals surface area (Å²) in [7, 11) is 1.57. The summed E-state index contributed by atoms with van der Waals surface area (Å²) in [6.07, 6.45) is 3.71. The maximum Gasteiger partial charge on any atom is 0.338 e. The highest BCUT2D eigenvalue weighted by Crippen LogP contribution is 2.36. The summed E-state index contributed by atoms with van der Waals surface area (Å²) in [4.78, 5) is 33.2. The van der Waals surface area contributed by atoms with E-state index >= 15 is 0 Å². The number of hydrogen-bond donors (Lipinski definition) is 0. The number of carbonyl (C=O) groups is 1. The normalized spacial score (nSPS) is 14.8.